The molecule has 0 radical (unpaired) electrons. The first-order valence-corrected chi connectivity index (χ1v) is 10.7. The SMILES string of the molecule is Cn1c(=O)sc2cc(S(=O)(=O)Nc3ccccc3Oc3ccccc3)ccc21. The molecule has 0 atom stereocenters. The summed E-state index contributed by atoms with van der Waals surface area (Å²) in [4.78, 5) is 11.7. The largest absolute Gasteiger partial charge is 0.455 e. The number of rotatable bonds is 5. The lowest BCUT2D eigenvalue weighted by Gasteiger charge is -2.13. The van der Waals surface area contributed by atoms with E-state index in [-0.39, 0.29) is 9.77 Å². The number of para-hydroxylation sites is 3. The molecule has 8 heteroatoms. The van der Waals surface area contributed by atoms with E-state index in [9.17, 15) is 13.2 Å². The van der Waals surface area contributed by atoms with Gasteiger partial charge in [-0.2, -0.15) is 0 Å². The number of aromatic nitrogens is 1. The molecule has 0 saturated heterocycles. The van der Waals surface area contributed by atoms with Crippen LogP contribution in [0.5, 0.6) is 11.5 Å². The summed E-state index contributed by atoms with van der Waals surface area (Å²) >= 11 is 1.01. The van der Waals surface area contributed by atoms with Crippen molar-refractivity contribution in [3.05, 3.63) is 82.5 Å². The minimum absolute atomic E-state index is 0.0800. The van der Waals surface area contributed by atoms with E-state index >= 15 is 0 Å². The molecule has 6 nitrogen and oxygen atoms in total. The van der Waals surface area contributed by atoms with E-state index in [1.807, 2.05) is 18.2 Å². The number of benzene rings is 3. The third-order valence-corrected chi connectivity index (χ3v) is 6.54. The molecule has 0 amide bonds. The predicted molar refractivity (Wildman–Crippen MR) is 111 cm³/mol. The Morgan fingerprint density at radius 3 is 2.46 bits per heavy atom. The molecule has 28 heavy (non-hydrogen) atoms. The molecule has 0 aliphatic rings. The maximum atomic E-state index is 12.9. The maximum absolute atomic E-state index is 12.9. The minimum Gasteiger partial charge on any atom is -0.455 e. The number of anilines is 1. The highest BCUT2D eigenvalue weighted by molar-refractivity contribution is 7.92. The van der Waals surface area contributed by atoms with Crippen LogP contribution in [0.15, 0.2) is 82.5 Å². The van der Waals surface area contributed by atoms with Crippen LogP contribution in [0.4, 0.5) is 5.69 Å². The van der Waals surface area contributed by atoms with Crippen molar-refractivity contribution in [1.82, 2.24) is 4.57 Å². The average molecular weight is 412 g/mol. The molecular formula is C20H16N2O4S2. The summed E-state index contributed by atoms with van der Waals surface area (Å²) in [6, 6.07) is 20.6. The predicted octanol–water partition coefficient (Wildman–Crippen LogP) is 4.19. The van der Waals surface area contributed by atoms with Crippen LogP contribution in [0.3, 0.4) is 0 Å². The normalized spacial score (nSPS) is 11.5. The zero-order valence-corrected chi connectivity index (χ0v) is 16.5. The first-order chi connectivity index (χ1) is 13.4. The van der Waals surface area contributed by atoms with Crippen molar-refractivity contribution >= 4 is 37.3 Å². The fourth-order valence-electron chi connectivity index (χ4n) is 2.74. The van der Waals surface area contributed by atoms with Crippen LogP contribution in [0.1, 0.15) is 0 Å². The van der Waals surface area contributed by atoms with Crippen LogP contribution < -0.4 is 14.3 Å². The Labute approximate surface area is 165 Å². The first kappa shape index (κ1) is 18.3. The van der Waals surface area contributed by atoms with E-state index in [4.69, 9.17) is 4.74 Å². The van der Waals surface area contributed by atoms with Crippen LogP contribution in [-0.2, 0) is 17.1 Å². The van der Waals surface area contributed by atoms with E-state index in [0.29, 0.717) is 27.4 Å². The molecule has 4 rings (SSSR count). The highest BCUT2D eigenvalue weighted by atomic mass is 32.2. The Morgan fingerprint density at radius 2 is 1.68 bits per heavy atom. The van der Waals surface area contributed by atoms with Gasteiger partial charge < -0.3 is 9.30 Å². The molecule has 0 aliphatic heterocycles. The molecule has 142 valence electrons. The van der Waals surface area contributed by atoms with Crippen molar-refractivity contribution < 1.29 is 13.2 Å². The summed E-state index contributed by atoms with van der Waals surface area (Å²) in [5.74, 6) is 0.993. The summed E-state index contributed by atoms with van der Waals surface area (Å²) in [6.07, 6.45) is 0. The highest BCUT2D eigenvalue weighted by Gasteiger charge is 2.18. The van der Waals surface area contributed by atoms with Gasteiger partial charge in [0, 0.05) is 7.05 Å². The molecule has 1 heterocycles. The van der Waals surface area contributed by atoms with E-state index in [2.05, 4.69) is 4.72 Å². The average Bonchev–Trinajstić information content (AvgIpc) is 2.97. The molecule has 4 aromatic rings. The molecular weight excluding hydrogens is 396 g/mol. The van der Waals surface area contributed by atoms with Crippen LogP contribution in [0.2, 0.25) is 0 Å². The first-order valence-electron chi connectivity index (χ1n) is 8.38. The molecule has 0 fully saturated rings. The molecule has 0 aliphatic carbocycles. The number of ether oxygens (including phenoxy) is 1. The molecule has 0 saturated carbocycles. The number of hydrogen-bond acceptors (Lipinski definition) is 5. The van der Waals surface area contributed by atoms with Crippen LogP contribution in [0, 0.1) is 0 Å². The fraction of sp³-hybridized carbons (Fsp3) is 0.0500. The third-order valence-electron chi connectivity index (χ3n) is 4.18. The maximum Gasteiger partial charge on any atom is 0.307 e. The lowest BCUT2D eigenvalue weighted by molar-refractivity contribution is 0.485. The van der Waals surface area contributed by atoms with Gasteiger partial charge in [-0.15, -0.1) is 0 Å². The summed E-state index contributed by atoms with van der Waals surface area (Å²) in [5, 5.41) is 0. The number of thiazole rings is 1. The van der Waals surface area contributed by atoms with Crippen molar-refractivity contribution in [1.29, 1.82) is 0 Å². The van der Waals surface area contributed by atoms with E-state index in [1.165, 1.54) is 16.7 Å². The van der Waals surface area contributed by atoms with Gasteiger partial charge in [0.15, 0.2) is 5.75 Å². The summed E-state index contributed by atoms with van der Waals surface area (Å²) in [5.41, 5.74) is 1.02. The molecule has 0 spiro atoms. The molecule has 0 unspecified atom stereocenters. The van der Waals surface area contributed by atoms with Gasteiger partial charge in [0.05, 0.1) is 20.8 Å². The van der Waals surface area contributed by atoms with Crippen LogP contribution >= 0.6 is 11.3 Å². The van der Waals surface area contributed by atoms with E-state index < -0.39 is 10.0 Å². The quantitative estimate of drug-likeness (QED) is 0.533. The Balaban J connectivity index is 1.68. The van der Waals surface area contributed by atoms with Gasteiger partial charge in [0.25, 0.3) is 10.0 Å². The Morgan fingerprint density at radius 1 is 0.964 bits per heavy atom. The minimum atomic E-state index is -3.86. The second-order valence-electron chi connectivity index (χ2n) is 6.07. The topological polar surface area (TPSA) is 77.4 Å². The van der Waals surface area contributed by atoms with Crippen molar-refractivity contribution in [3.8, 4) is 11.5 Å². The van der Waals surface area contributed by atoms with Gasteiger partial charge in [-0.1, -0.05) is 41.7 Å². The molecule has 0 bridgehead atoms. The van der Waals surface area contributed by atoms with Gasteiger partial charge in [-0.25, -0.2) is 8.42 Å². The second kappa shape index (κ2) is 7.14. The van der Waals surface area contributed by atoms with Crippen molar-refractivity contribution in [2.24, 2.45) is 7.05 Å². The number of nitrogens with one attached hydrogen (secondary N) is 1. The Hall–Kier alpha value is -3.10. The number of fused-ring (bicyclic) bond motifs is 1. The lowest BCUT2D eigenvalue weighted by Crippen LogP contribution is -2.13. The van der Waals surface area contributed by atoms with Gasteiger partial charge >= 0.3 is 4.87 Å². The van der Waals surface area contributed by atoms with E-state index in [0.717, 1.165) is 11.3 Å². The monoisotopic (exact) mass is 412 g/mol. The number of nitrogens with zero attached hydrogens (tertiary/aromatic N) is 1. The smallest absolute Gasteiger partial charge is 0.307 e. The summed E-state index contributed by atoms with van der Waals surface area (Å²) < 4.78 is 36.3. The third kappa shape index (κ3) is 3.51. The number of aryl methyl sites for hydroxylation is 1. The van der Waals surface area contributed by atoms with Gasteiger partial charge in [-0.05, 0) is 42.5 Å². The zero-order valence-electron chi connectivity index (χ0n) is 14.8. The molecule has 1 N–H and O–H groups in total. The Bertz CT molecular complexity index is 1310. The number of sulfonamides is 1. The standard InChI is InChI=1S/C20H16N2O4S2/c1-22-17-12-11-15(13-19(17)27-20(22)23)28(24,25)21-16-9-5-6-10-18(16)26-14-7-3-2-4-8-14/h2-13,21H,1H3. The van der Waals surface area contributed by atoms with Crippen LogP contribution in [0.25, 0.3) is 10.2 Å². The highest BCUT2D eigenvalue weighted by Crippen LogP contribution is 2.31. The van der Waals surface area contributed by atoms with Gasteiger partial charge in [0.2, 0.25) is 0 Å². The fourth-order valence-corrected chi connectivity index (χ4v) is 4.83. The Kier molecular flexibility index (Phi) is 4.66. The van der Waals surface area contributed by atoms with Gasteiger partial charge in [0.1, 0.15) is 5.75 Å². The summed E-state index contributed by atoms with van der Waals surface area (Å²) in [6.45, 7) is 0. The van der Waals surface area contributed by atoms with Crippen molar-refractivity contribution in [2.75, 3.05) is 4.72 Å². The molecule has 1 aromatic heterocycles. The second-order valence-corrected chi connectivity index (χ2v) is 8.75. The van der Waals surface area contributed by atoms with E-state index in [1.54, 1.807) is 49.5 Å². The van der Waals surface area contributed by atoms with Gasteiger partial charge in [-0.3, -0.25) is 9.52 Å². The van der Waals surface area contributed by atoms with Crippen molar-refractivity contribution in [2.45, 2.75) is 4.90 Å². The zero-order chi connectivity index (χ0) is 19.7. The molecule has 3 aromatic carbocycles. The summed E-state index contributed by atoms with van der Waals surface area (Å²) in [7, 11) is -2.20. The lowest BCUT2D eigenvalue weighted by atomic mass is 10.3. The van der Waals surface area contributed by atoms with Crippen molar-refractivity contribution in [3.63, 3.8) is 0 Å². The van der Waals surface area contributed by atoms with Crippen LogP contribution in [-0.4, -0.2) is 13.0 Å². The number of hydrogen-bond donors (Lipinski definition) is 1.